The molecular formula is C48H48ClF3N2O5. The van der Waals surface area contributed by atoms with Gasteiger partial charge in [-0.05, 0) is 123 Å². The standard InChI is InChI=1S/C48H48ClF3N2O5/c1-31-10-9-24-46(2)40(23-25-47(46,58)30-54(29-32-11-5-3-6-12-32)45(57)53-35-13-7-4-8-14-35)37-19-16-33(26-36(55)18-15-31)27-38(37)44(56)43-22-21-42(59-43)39-28-34(48(50,51)52)17-20-41(39)49/h3-8,10-14,16-17,19-22,27-28,36,40,55,58H,9,15,18,23-26,29-30H2,1-2H3,(H,53,57)/t36-,40-,46-,47+/m0/s1. The van der Waals surface area contributed by atoms with E-state index in [1.165, 1.54) is 12.1 Å². The SMILES string of the molecule is CC1=CCC[C@@]2(C)[C@@H](CC[C@@]2(O)CN(Cc2ccccc2)C(=O)Nc2ccccc2)c2ccc(cc2C(=O)c2ccc(-c3cc(C(F)(F)F)ccc3Cl)o2)C[C@@H](O)CC1. The molecule has 1 heterocycles. The molecule has 1 saturated carbocycles. The van der Waals surface area contributed by atoms with E-state index in [1.54, 1.807) is 11.0 Å². The fraction of sp³-hybridized carbons (Fsp3) is 0.333. The summed E-state index contributed by atoms with van der Waals surface area (Å²) in [5.74, 6) is -0.924. The molecule has 308 valence electrons. The van der Waals surface area contributed by atoms with Gasteiger partial charge in [0, 0.05) is 28.8 Å². The molecule has 2 amide bonds. The summed E-state index contributed by atoms with van der Waals surface area (Å²) in [4.78, 5) is 30.4. The van der Waals surface area contributed by atoms with Crippen LogP contribution >= 0.6 is 11.6 Å². The number of hydrogen-bond acceptors (Lipinski definition) is 5. The molecule has 0 saturated heterocycles. The van der Waals surface area contributed by atoms with Crippen molar-refractivity contribution in [2.24, 2.45) is 5.41 Å². The minimum atomic E-state index is -4.61. The summed E-state index contributed by atoms with van der Waals surface area (Å²) in [7, 11) is 0. The van der Waals surface area contributed by atoms with Gasteiger partial charge in [0.2, 0.25) is 5.78 Å². The second-order valence-corrected chi connectivity index (χ2v) is 16.7. The van der Waals surface area contributed by atoms with Crippen LogP contribution in [0.1, 0.15) is 96.7 Å². The lowest BCUT2D eigenvalue weighted by atomic mass is 9.64. The molecule has 3 N–H and O–H groups in total. The number of nitrogens with zero attached hydrogens (tertiary/aromatic N) is 1. The van der Waals surface area contributed by atoms with Gasteiger partial charge in [-0.3, -0.25) is 4.79 Å². The maximum atomic E-state index is 14.7. The van der Waals surface area contributed by atoms with Crippen LogP contribution in [0.2, 0.25) is 5.02 Å². The van der Waals surface area contributed by atoms with E-state index in [0.29, 0.717) is 61.8 Å². The smallest absolute Gasteiger partial charge is 0.416 e. The predicted molar refractivity (Wildman–Crippen MR) is 223 cm³/mol. The number of amides is 2. The molecule has 3 aliphatic carbocycles. The molecule has 11 heteroatoms. The molecule has 4 atom stereocenters. The van der Waals surface area contributed by atoms with E-state index in [2.05, 4.69) is 11.4 Å². The summed E-state index contributed by atoms with van der Waals surface area (Å²) in [6.45, 7) is 4.35. The number of para-hydroxylation sites is 1. The first kappa shape index (κ1) is 42.0. The Morgan fingerprint density at radius 2 is 1.66 bits per heavy atom. The Morgan fingerprint density at radius 1 is 0.932 bits per heavy atom. The Bertz CT molecular complexity index is 2330. The van der Waals surface area contributed by atoms with Crippen LogP contribution in [0.5, 0.6) is 0 Å². The van der Waals surface area contributed by atoms with Gasteiger partial charge in [-0.1, -0.05) is 90.8 Å². The summed E-state index contributed by atoms with van der Waals surface area (Å²) in [6.07, 6.45) is 0.360. The number of carbonyl (C=O) groups is 2. The number of ketones is 1. The van der Waals surface area contributed by atoms with Crippen molar-refractivity contribution in [3.63, 3.8) is 0 Å². The van der Waals surface area contributed by atoms with Crippen molar-refractivity contribution in [1.29, 1.82) is 0 Å². The van der Waals surface area contributed by atoms with Crippen molar-refractivity contribution in [2.75, 3.05) is 11.9 Å². The lowest BCUT2D eigenvalue weighted by molar-refractivity contribution is -0.137. The zero-order valence-electron chi connectivity index (χ0n) is 33.1. The number of nitrogens with one attached hydrogen (secondary N) is 1. The molecule has 8 rings (SSSR count). The van der Waals surface area contributed by atoms with Gasteiger partial charge in [-0.2, -0.15) is 13.2 Å². The van der Waals surface area contributed by atoms with Gasteiger partial charge in [0.1, 0.15) is 5.76 Å². The first-order valence-corrected chi connectivity index (χ1v) is 20.4. The number of alkyl halides is 3. The number of hydrogen-bond donors (Lipinski definition) is 3. The van der Waals surface area contributed by atoms with Gasteiger partial charge in [-0.15, -0.1) is 0 Å². The summed E-state index contributed by atoms with van der Waals surface area (Å²) in [5, 5.41) is 27.2. The van der Waals surface area contributed by atoms with Crippen molar-refractivity contribution in [2.45, 2.75) is 89.1 Å². The van der Waals surface area contributed by atoms with E-state index < -0.39 is 34.6 Å². The molecule has 7 nitrogen and oxygen atoms in total. The third-order valence-corrected chi connectivity index (χ3v) is 12.6. The van der Waals surface area contributed by atoms with E-state index in [4.69, 9.17) is 16.0 Å². The number of allylic oxidation sites excluding steroid dienone is 2. The van der Waals surface area contributed by atoms with Crippen LogP contribution in [0.15, 0.2) is 125 Å². The topological polar surface area (TPSA) is 103 Å². The molecule has 2 bridgehead atoms. The number of halogens is 4. The highest BCUT2D eigenvalue weighted by Gasteiger charge is 2.57. The number of fused-ring (bicyclic) bond motifs is 8. The lowest BCUT2D eigenvalue weighted by Gasteiger charge is -2.46. The number of benzene rings is 4. The highest BCUT2D eigenvalue weighted by molar-refractivity contribution is 6.33. The molecule has 59 heavy (non-hydrogen) atoms. The fourth-order valence-corrected chi connectivity index (χ4v) is 9.08. The summed E-state index contributed by atoms with van der Waals surface area (Å²) in [6, 6.07) is 29.8. The molecule has 0 unspecified atom stereocenters. The quantitative estimate of drug-likeness (QED) is 0.107. The van der Waals surface area contributed by atoms with Gasteiger partial charge in [0.05, 0.1) is 28.8 Å². The van der Waals surface area contributed by atoms with E-state index in [9.17, 15) is 33.0 Å². The number of furan rings is 1. The van der Waals surface area contributed by atoms with Gasteiger partial charge in [-0.25, -0.2) is 4.79 Å². The zero-order chi connectivity index (χ0) is 42.0. The summed E-state index contributed by atoms with van der Waals surface area (Å²) < 4.78 is 46.9. The molecule has 0 radical (unpaired) electrons. The molecular weight excluding hydrogens is 777 g/mol. The van der Waals surface area contributed by atoms with Crippen LogP contribution in [0.4, 0.5) is 23.7 Å². The monoisotopic (exact) mass is 824 g/mol. The van der Waals surface area contributed by atoms with E-state index >= 15 is 0 Å². The van der Waals surface area contributed by atoms with Gasteiger partial charge in [0.15, 0.2) is 5.76 Å². The van der Waals surface area contributed by atoms with Crippen LogP contribution in [0, 0.1) is 5.41 Å². The van der Waals surface area contributed by atoms with Crippen LogP contribution in [-0.2, 0) is 19.1 Å². The summed E-state index contributed by atoms with van der Waals surface area (Å²) >= 11 is 6.34. The Balaban J connectivity index is 1.29. The average molecular weight is 825 g/mol. The van der Waals surface area contributed by atoms with Crippen molar-refractivity contribution in [1.82, 2.24) is 4.90 Å². The van der Waals surface area contributed by atoms with Crippen LogP contribution < -0.4 is 5.32 Å². The lowest BCUT2D eigenvalue weighted by Crippen LogP contribution is -2.54. The summed E-state index contributed by atoms with van der Waals surface area (Å²) in [5.41, 5.74) is 1.24. The third-order valence-electron chi connectivity index (χ3n) is 12.3. The molecule has 1 fully saturated rings. The van der Waals surface area contributed by atoms with E-state index in [1.807, 2.05) is 86.6 Å². The Labute approximate surface area is 347 Å². The Hall–Kier alpha value is -5.16. The Morgan fingerprint density at radius 3 is 2.39 bits per heavy atom. The second-order valence-electron chi connectivity index (χ2n) is 16.3. The normalized spacial score (nSPS) is 22.3. The number of aliphatic hydroxyl groups excluding tert-OH is 1. The predicted octanol–water partition coefficient (Wildman–Crippen LogP) is 11.6. The fourth-order valence-electron chi connectivity index (χ4n) is 8.87. The largest absolute Gasteiger partial charge is 0.453 e. The number of rotatable bonds is 8. The maximum Gasteiger partial charge on any atom is 0.416 e. The van der Waals surface area contributed by atoms with Crippen molar-refractivity contribution in [3.8, 4) is 11.3 Å². The zero-order valence-corrected chi connectivity index (χ0v) is 33.8. The highest BCUT2D eigenvalue weighted by Crippen LogP contribution is 2.59. The number of urea groups is 1. The van der Waals surface area contributed by atoms with Gasteiger partial charge >= 0.3 is 12.2 Å². The molecule has 5 aromatic rings. The molecule has 3 aliphatic rings. The Kier molecular flexibility index (Phi) is 12.2. The van der Waals surface area contributed by atoms with Crippen molar-refractivity contribution < 1.29 is 37.4 Å². The van der Waals surface area contributed by atoms with Crippen molar-refractivity contribution >= 4 is 29.1 Å². The first-order chi connectivity index (χ1) is 28.1. The minimum absolute atomic E-state index is 0.000216. The first-order valence-electron chi connectivity index (χ1n) is 20.0. The second kappa shape index (κ2) is 17.2. The van der Waals surface area contributed by atoms with Crippen LogP contribution in [-0.4, -0.2) is 45.2 Å². The number of aliphatic hydroxyl groups is 2. The molecule has 0 aliphatic heterocycles. The van der Waals surface area contributed by atoms with Gasteiger partial charge < -0.3 is 24.8 Å². The maximum absolute atomic E-state index is 14.7. The molecule has 0 spiro atoms. The molecule has 1 aromatic heterocycles. The van der Waals surface area contributed by atoms with Crippen LogP contribution in [0.25, 0.3) is 11.3 Å². The van der Waals surface area contributed by atoms with Crippen LogP contribution in [0.3, 0.4) is 0 Å². The molecule has 4 aromatic carbocycles. The average Bonchev–Trinajstić information content (AvgIpc) is 3.79. The van der Waals surface area contributed by atoms with Gasteiger partial charge in [0.25, 0.3) is 0 Å². The highest BCUT2D eigenvalue weighted by atomic mass is 35.5. The van der Waals surface area contributed by atoms with Crippen molar-refractivity contribution in [3.05, 3.63) is 159 Å². The minimum Gasteiger partial charge on any atom is -0.453 e. The van der Waals surface area contributed by atoms with E-state index in [0.717, 1.165) is 34.9 Å². The third kappa shape index (κ3) is 9.20. The number of carbonyl (C=O) groups excluding carboxylic acids is 2. The van der Waals surface area contributed by atoms with E-state index in [-0.39, 0.29) is 47.1 Å². The number of anilines is 1.